The van der Waals surface area contributed by atoms with E-state index in [-0.39, 0.29) is 178 Å². The maximum absolute atomic E-state index is 13.9. The highest BCUT2D eigenvalue weighted by atomic mass is 16.7. The molecule has 6 unspecified atom stereocenters. The third-order valence-corrected chi connectivity index (χ3v) is 18.1. The number of carbonyl (C=O) groups excluding carboxylic acids is 7. The zero-order valence-corrected chi connectivity index (χ0v) is 62.2. The van der Waals surface area contributed by atoms with Gasteiger partial charge >= 0.3 is 0 Å². The van der Waals surface area contributed by atoms with Gasteiger partial charge in [-0.1, -0.05) is 65.7 Å². The highest BCUT2D eigenvalue weighted by Crippen LogP contribution is 2.27. The summed E-state index contributed by atoms with van der Waals surface area (Å²) in [5.74, 6) is -1.75. The molecule has 0 bridgehead atoms. The van der Waals surface area contributed by atoms with E-state index in [0.717, 1.165) is 32.1 Å². The van der Waals surface area contributed by atoms with Crippen LogP contribution in [0.3, 0.4) is 0 Å². The monoisotopic (exact) mass is 1510 g/mol. The van der Waals surface area contributed by atoms with Crippen molar-refractivity contribution in [1.82, 2.24) is 31.9 Å². The lowest BCUT2D eigenvalue weighted by atomic mass is 9.89. The van der Waals surface area contributed by atoms with Gasteiger partial charge in [0, 0.05) is 104 Å². The van der Waals surface area contributed by atoms with Crippen molar-refractivity contribution in [3.63, 3.8) is 0 Å². The van der Waals surface area contributed by atoms with Gasteiger partial charge in [-0.15, -0.1) is 0 Å². The van der Waals surface area contributed by atoms with Crippen LogP contribution in [0.2, 0.25) is 0 Å². The molecule has 0 aromatic heterocycles. The first-order chi connectivity index (χ1) is 50.2. The second-order valence-electron chi connectivity index (χ2n) is 28.7. The van der Waals surface area contributed by atoms with Crippen molar-refractivity contribution < 1.29 is 137 Å². The standard InChI is InChI=1S/C71H130N6O28/c1-70(2,3)30-15-9-7-5-4-6-8-10-26-57(87)77-71(45-97-39-27-54(84)72-31-16-11-22-48(81)23-12-17-36-100-67-64(94)61(91)58(88)49(42-78)103-67,46-98-40-28-55(85)75-34-20-32-73-52(82)24-13-18-37-101-68-65(95)62(92)59(89)50(43-79)104-68)47-99-41-29-56(86)76-35-21-33-74-53(83)25-14-19-38-102-69-66(96)63(93)60(90)51(44-80)105-69/h49-51,58-69,78-80,88-96H,4-47H2,1-3H3,(H,72,84)(H,73,82)(H,74,83)(H,75,85)(H,76,86)(H,77,87)/t49?,50?,51?,58-,59-,60-,61+,62+,63+,64?,65?,66?,67-,68-,69-,71?/m1/s1. The first-order valence-corrected chi connectivity index (χ1v) is 37.9. The van der Waals surface area contributed by atoms with E-state index in [2.05, 4.69) is 52.7 Å². The molecule has 3 saturated heterocycles. The number of nitrogens with one attached hydrogen (secondary N) is 6. The Labute approximate surface area is 617 Å². The van der Waals surface area contributed by atoms with Gasteiger partial charge < -0.3 is 136 Å². The average Bonchev–Trinajstić information content (AvgIpc) is 0.835. The molecule has 612 valence electrons. The van der Waals surface area contributed by atoms with Gasteiger partial charge in [-0.2, -0.15) is 0 Å². The molecular weight excluding hydrogens is 1380 g/mol. The summed E-state index contributed by atoms with van der Waals surface area (Å²) in [6.45, 7) is 5.75. The molecule has 0 saturated carbocycles. The van der Waals surface area contributed by atoms with Crippen molar-refractivity contribution in [3.05, 3.63) is 0 Å². The molecule has 3 aliphatic rings. The van der Waals surface area contributed by atoms with Gasteiger partial charge in [-0.05, 0) is 82.5 Å². The molecule has 0 spiro atoms. The Morgan fingerprint density at radius 2 is 0.600 bits per heavy atom. The summed E-state index contributed by atoms with van der Waals surface area (Å²) in [7, 11) is 0. The van der Waals surface area contributed by atoms with Crippen LogP contribution in [0.1, 0.15) is 194 Å². The number of Topliss-reactive ketones (excluding diaryl/α,β-unsaturated/α-hetero) is 1. The number of ether oxygens (including phenoxy) is 9. The maximum Gasteiger partial charge on any atom is 0.222 e. The Morgan fingerprint density at radius 1 is 0.314 bits per heavy atom. The molecule has 0 aromatic rings. The SMILES string of the molecule is CC(C)(C)CCCCCCCCCCC(=O)NC(COCCC(=O)NCCCCC(=O)CCCCO[C@@H]1OC(CO)[C@@H](O)[C@H](O)C1O)(COCCC(=O)NCCCNC(=O)CCCCO[C@@H]1OC(CO)[C@@H](O)[C@H](O)C1O)COCCC(=O)NCCCNC(=O)CCCCO[C@@H]1OC(CO)[C@@H](O)[C@H](O)C1O. The summed E-state index contributed by atoms with van der Waals surface area (Å²) in [6.07, 6.45) is -6.19. The zero-order chi connectivity index (χ0) is 77.4. The molecule has 3 fully saturated rings. The summed E-state index contributed by atoms with van der Waals surface area (Å²) in [5, 5.41) is 136. The van der Waals surface area contributed by atoms with E-state index >= 15 is 0 Å². The number of hydrogen-bond acceptors (Lipinski definition) is 28. The van der Waals surface area contributed by atoms with Crippen molar-refractivity contribution in [2.24, 2.45) is 5.41 Å². The van der Waals surface area contributed by atoms with Crippen LogP contribution in [0.5, 0.6) is 0 Å². The highest BCUT2D eigenvalue weighted by molar-refractivity contribution is 5.79. The lowest BCUT2D eigenvalue weighted by Gasteiger charge is -2.39. The zero-order valence-electron chi connectivity index (χ0n) is 62.2. The van der Waals surface area contributed by atoms with Gasteiger partial charge in [-0.3, -0.25) is 33.6 Å². The number of unbranched alkanes of at least 4 members (excludes halogenated alkanes) is 11. The lowest BCUT2D eigenvalue weighted by molar-refractivity contribution is -0.301. The minimum absolute atomic E-state index is 0.0168. The quantitative estimate of drug-likeness (QED) is 0.0295. The van der Waals surface area contributed by atoms with Crippen LogP contribution < -0.4 is 31.9 Å². The van der Waals surface area contributed by atoms with Gasteiger partial charge in [-0.25, -0.2) is 0 Å². The molecule has 0 aromatic carbocycles. The predicted octanol–water partition coefficient (Wildman–Crippen LogP) is -1.93. The van der Waals surface area contributed by atoms with Crippen molar-refractivity contribution in [2.45, 2.75) is 292 Å². The smallest absolute Gasteiger partial charge is 0.222 e. The summed E-state index contributed by atoms with van der Waals surface area (Å²) in [6, 6.07) is 0. The molecular formula is C71H130N6O28. The van der Waals surface area contributed by atoms with Crippen molar-refractivity contribution in [3.8, 4) is 0 Å². The van der Waals surface area contributed by atoms with E-state index in [1.807, 2.05) is 0 Å². The van der Waals surface area contributed by atoms with E-state index in [4.69, 9.17) is 42.6 Å². The fraction of sp³-hybridized carbons (Fsp3) is 0.901. The number of aliphatic hydroxyl groups is 12. The number of carbonyl (C=O) groups is 7. The largest absolute Gasteiger partial charge is 0.394 e. The minimum atomic E-state index is -1.56. The number of rotatable bonds is 60. The van der Waals surface area contributed by atoms with Crippen molar-refractivity contribution >= 4 is 41.2 Å². The predicted molar refractivity (Wildman–Crippen MR) is 377 cm³/mol. The third kappa shape index (κ3) is 40.8. The fourth-order valence-corrected chi connectivity index (χ4v) is 11.6. The van der Waals surface area contributed by atoms with Gasteiger partial charge in [0.25, 0.3) is 0 Å². The van der Waals surface area contributed by atoms with Gasteiger partial charge in [0.1, 0.15) is 84.6 Å². The molecule has 15 atom stereocenters. The molecule has 3 heterocycles. The molecule has 3 aliphatic heterocycles. The van der Waals surface area contributed by atoms with Gasteiger partial charge in [0.2, 0.25) is 35.4 Å². The second kappa shape index (κ2) is 55.1. The van der Waals surface area contributed by atoms with Crippen LogP contribution in [0.15, 0.2) is 0 Å². The third-order valence-electron chi connectivity index (χ3n) is 18.1. The van der Waals surface area contributed by atoms with E-state index in [1.165, 1.54) is 19.3 Å². The summed E-state index contributed by atoms with van der Waals surface area (Å²) < 4.78 is 50.8. The lowest BCUT2D eigenvalue weighted by Crippen LogP contribution is -2.59. The number of aliphatic hydroxyl groups excluding tert-OH is 12. The summed E-state index contributed by atoms with van der Waals surface area (Å²) in [5.41, 5.74) is -1.05. The van der Waals surface area contributed by atoms with Crippen LogP contribution in [-0.2, 0) is 76.2 Å². The summed E-state index contributed by atoms with van der Waals surface area (Å²) in [4.78, 5) is 90.5. The fourth-order valence-electron chi connectivity index (χ4n) is 11.6. The normalized spacial score (nSPS) is 25.4. The summed E-state index contributed by atoms with van der Waals surface area (Å²) >= 11 is 0. The average molecular weight is 1520 g/mol. The molecule has 105 heavy (non-hydrogen) atoms. The Bertz CT molecular complexity index is 2170. The van der Waals surface area contributed by atoms with Crippen LogP contribution >= 0.6 is 0 Å². The molecule has 34 heteroatoms. The van der Waals surface area contributed by atoms with Crippen molar-refractivity contribution in [1.29, 1.82) is 0 Å². The van der Waals surface area contributed by atoms with Crippen LogP contribution in [0.4, 0.5) is 0 Å². The van der Waals surface area contributed by atoms with E-state index in [9.17, 15) is 94.8 Å². The maximum atomic E-state index is 13.9. The second-order valence-corrected chi connectivity index (χ2v) is 28.7. The number of ketones is 1. The molecule has 0 aliphatic carbocycles. The number of amides is 6. The van der Waals surface area contributed by atoms with E-state index < -0.39 is 117 Å². The number of hydrogen-bond donors (Lipinski definition) is 18. The topological polar surface area (TPSA) is 518 Å². The Kier molecular flexibility index (Phi) is 49.8. The molecule has 3 rings (SSSR count). The van der Waals surface area contributed by atoms with Gasteiger partial charge in [0.15, 0.2) is 18.9 Å². The molecule has 34 nitrogen and oxygen atoms in total. The van der Waals surface area contributed by atoms with E-state index in [0.29, 0.717) is 82.6 Å². The molecule has 6 amide bonds. The van der Waals surface area contributed by atoms with Gasteiger partial charge in [0.05, 0.1) is 59.5 Å². The minimum Gasteiger partial charge on any atom is -0.394 e. The first-order valence-electron chi connectivity index (χ1n) is 37.9. The molecule has 18 N–H and O–H groups in total. The highest BCUT2D eigenvalue weighted by Gasteiger charge is 2.46. The Hall–Kier alpha value is -4.35. The Morgan fingerprint density at radius 3 is 0.943 bits per heavy atom. The Balaban J connectivity index is 1.52. The van der Waals surface area contributed by atoms with Crippen LogP contribution in [-0.4, -0.2) is 312 Å². The van der Waals surface area contributed by atoms with Crippen LogP contribution in [0, 0.1) is 5.41 Å². The van der Waals surface area contributed by atoms with E-state index in [1.54, 1.807) is 0 Å². The molecule has 0 radical (unpaired) electrons. The van der Waals surface area contributed by atoms with Crippen LogP contribution in [0.25, 0.3) is 0 Å². The first kappa shape index (κ1) is 94.9. The van der Waals surface area contributed by atoms with Crippen molar-refractivity contribution in [2.75, 3.05) is 112 Å².